The fourth-order valence-electron chi connectivity index (χ4n) is 3.45. The second-order valence-corrected chi connectivity index (χ2v) is 7.44. The molecule has 0 radical (unpaired) electrons. The molecule has 0 bridgehead atoms. The highest BCUT2D eigenvalue weighted by atomic mass is 32.1. The minimum absolute atomic E-state index is 0.00470. The Morgan fingerprint density at radius 2 is 1.89 bits per heavy atom. The van der Waals surface area contributed by atoms with Crippen LogP contribution in [0.4, 0.5) is 0 Å². The number of rotatable bonds is 5. The molecule has 1 saturated heterocycles. The maximum atomic E-state index is 12.9. The molecule has 3 heterocycles. The number of benzene rings is 2. The number of nitrogens with zero attached hydrogens (tertiary/aromatic N) is 1. The van der Waals surface area contributed by atoms with Gasteiger partial charge >= 0.3 is 0 Å². The summed E-state index contributed by atoms with van der Waals surface area (Å²) in [6.45, 7) is 0.749. The molecule has 0 N–H and O–H groups in total. The number of thiophene rings is 1. The van der Waals surface area contributed by atoms with Crippen LogP contribution in [0, 0.1) is 0 Å². The number of β-lactam (4-membered cyclic amide) rings is 1. The van der Waals surface area contributed by atoms with Gasteiger partial charge in [0.2, 0.25) is 12.9 Å². The van der Waals surface area contributed by atoms with Crippen molar-refractivity contribution >= 4 is 17.2 Å². The minimum Gasteiger partial charge on any atom is -0.478 e. The van der Waals surface area contributed by atoms with E-state index in [4.69, 9.17) is 14.2 Å². The molecule has 136 valence electrons. The molecule has 3 aromatic rings. The summed E-state index contributed by atoms with van der Waals surface area (Å²) in [6, 6.07) is 19.2. The molecule has 1 aromatic heterocycles. The molecule has 2 aromatic carbocycles. The zero-order valence-electron chi connectivity index (χ0n) is 14.4. The van der Waals surface area contributed by atoms with Gasteiger partial charge < -0.3 is 19.1 Å². The van der Waals surface area contributed by atoms with E-state index in [1.807, 2.05) is 64.9 Å². The Morgan fingerprint density at radius 3 is 2.70 bits per heavy atom. The van der Waals surface area contributed by atoms with Crippen molar-refractivity contribution in [1.82, 2.24) is 4.90 Å². The fourth-order valence-corrected chi connectivity index (χ4v) is 4.31. The second kappa shape index (κ2) is 6.63. The summed E-state index contributed by atoms with van der Waals surface area (Å²) < 4.78 is 16.8. The number of likely N-dealkylation sites (tertiary alicyclic amines) is 1. The summed E-state index contributed by atoms with van der Waals surface area (Å²) in [4.78, 5) is 15.8. The average Bonchev–Trinajstić information content (AvgIpc) is 3.39. The maximum Gasteiger partial charge on any atom is 0.267 e. The van der Waals surface area contributed by atoms with Crippen LogP contribution in [0.1, 0.15) is 16.5 Å². The van der Waals surface area contributed by atoms with E-state index in [1.54, 1.807) is 11.3 Å². The number of hydrogen-bond donors (Lipinski definition) is 0. The zero-order valence-corrected chi connectivity index (χ0v) is 15.2. The van der Waals surface area contributed by atoms with Gasteiger partial charge in [-0.2, -0.15) is 0 Å². The molecule has 2 atom stereocenters. The zero-order chi connectivity index (χ0) is 18.2. The topological polar surface area (TPSA) is 48.0 Å². The minimum atomic E-state index is -0.500. The Morgan fingerprint density at radius 1 is 1.04 bits per heavy atom. The second-order valence-electron chi connectivity index (χ2n) is 6.47. The van der Waals surface area contributed by atoms with Crippen molar-refractivity contribution in [3.05, 3.63) is 76.5 Å². The van der Waals surface area contributed by atoms with Crippen molar-refractivity contribution in [2.45, 2.75) is 18.7 Å². The summed E-state index contributed by atoms with van der Waals surface area (Å²) in [5, 5.41) is 2.02. The monoisotopic (exact) mass is 379 g/mol. The molecule has 6 heteroatoms. The van der Waals surface area contributed by atoms with Gasteiger partial charge in [0.05, 0.1) is 0 Å². The van der Waals surface area contributed by atoms with Crippen molar-refractivity contribution < 1.29 is 19.0 Å². The highest BCUT2D eigenvalue weighted by Crippen LogP contribution is 2.41. The van der Waals surface area contributed by atoms with E-state index in [9.17, 15) is 4.79 Å². The molecule has 5 rings (SSSR count). The summed E-state index contributed by atoms with van der Waals surface area (Å²) in [5.74, 6) is 2.18. The SMILES string of the molecule is O=C1C(Oc2ccccc2)C(c2cccs2)N1Cc1ccc2c(c1)OCO2. The molecule has 2 aliphatic heterocycles. The first-order chi connectivity index (χ1) is 13.3. The van der Waals surface area contributed by atoms with E-state index in [0.717, 1.165) is 21.9 Å². The van der Waals surface area contributed by atoms with Crippen LogP contribution < -0.4 is 14.2 Å². The molecule has 0 saturated carbocycles. The van der Waals surface area contributed by atoms with Crippen LogP contribution in [0.3, 0.4) is 0 Å². The molecule has 5 nitrogen and oxygen atoms in total. The van der Waals surface area contributed by atoms with Crippen LogP contribution in [0.25, 0.3) is 0 Å². The van der Waals surface area contributed by atoms with Crippen LogP contribution in [-0.4, -0.2) is 23.7 Å². The van der Waals surface area contributed by atoms with Gasteiger partial charge in [0.15, 0.2) is 11.5 Å². The molecule has 0 spiro atoms. The number of hydrogen-bond acceptors (Lipinski definition) is 5. The number of amides is 1. The molecule has 1 amide bonds. The Labute approximate surface area is 160 Å². The van der Waals surface area contributed by atoms with Crippen LogP contribution in [0.5, 0.6) is 17.2 Å². The average molecular weight is 379 g/mol. The van der Waals surface area contributed by atoms with E-state index in [2.05, 4.69) is 6.07 Å². The van der Waals surface area contributed by atoms with E-state index < -0.39 is 6.10 Å². The summed E-state index contributed by atoms with van der Waals surface area (Å²) in [7, 11) is 0. The third-order valence-electron chi connectivity index (χ3n) is 4.78. The first kappa shape index (κ1) is 16.2. The lowest BCUT2D eigenvalue weighted by Gasteiger charge is -2.46. The molecule has 0 aliphatic carbocycles. The van der Waals surface area contributed by atoms with Gasteiger partial charge in [-0.1, -0.05) is 30.3 Å². The molecule has 1 fully saturated rings. The van der Waals surface area contributed by atoms with Crippen molar-refractivity contribution in [2.24, 2.45) is 0 Å². The number of para-hydroxylation sites is 1. The normalized spacial score (nSPS) is 20.4. The lowest BCUT2D eigenvalue weighted by molar-refractivity contribution is -0.165. The number of carbonyl (C=O) groups is 1. The van der Waals surface area contributed by atoms with E-state index in [0.29, 0.717) is 12.3 Å². The first-order valence-electron chi connectivity index (χ1n) is 8.74. The summed E-state index contributed by atoms with van der Waals surface area (Å²) in [6.07, 6.45) is -0.500. The summed E-state index contributed by atoms with van der Waals surface area (Å²) >= 11 is 1.64. The highest BCUT2D eigenvalue weighted by Gasteiger charge is 2.50. The van der Waals surface area contributed by atoms with E-state index >= 15 is 0 Å². The van der Waals surface area contributed by atoms with Gasteiger partial charge in [-0.25, -0.2) is 0 Å². The molecular weight excluding hydrogens is 362 g/mol. The van der Waals surface area contributed by atoms with Crippen molar-refractivity contribution in [3.63, 3.8) is 0 Å². The number of fused-ring (bicyclic) bond motifs is 1. The third kappa shape index (κ3) is 2.92. The van der Waals surface area contributed by atoms with E-state index in [1.165, 1.54) is 0 Å². The number of carbonyl (C=O) groups excluding carboxylic acids is 1. The first-order valence-corrected chi connectivity index (χ1v) is 9.62. The fraction of sp³-hybridized carbons (Fsp3) is 0.190. The largest absolute Gasteiger partial charge is 0.478 e. The van der Waals surface area contributed by atoms with Crippen molar-refractivity contribution in [3.8, 4) is 17.2 Å². The Balaban J connectivity index is 1.39. The van der Waals surface area contributed by atoms with Crippen LogP contribution in [0.2, 0.25) is 0 Å². The van der Waals surface area contributed by atoms with E-state index in [-0.39, 0.29) is 18.7 Å². The van der Waals surface area contributed by atoms with Gasteiger partial charge in [-0.05, 0) is 41.3 Å². The van der Waals surface area contributed by atoms with Gasteiger partial charge in [-0.15, -0.1) is 11.3 Å². The predicted octanol–water partition coefficient (Wildman–Crippen LogP) is 4.01. The van der Waals surface area contributed by atoms with Gasteiger partial charge in [-0.3, -0.25) is 4.79 Å². The van der Waals surface area contributed by atoms with Crippen LogP contribution in [-0.2, 0) is 11.3 Å². The quantitative estimate of drug-likeness (QED) is 0.629. The van der Waals surface area contributed by atoms with Crippen molar-refractivity contribution in [1.29, 1.82) is 0 Å². The molecule has 27 heavy (non-hydrogen) atoms. The third-order valence-corrected chi connectivity index (χ3v) is 5.72. The lowest BCUT2D eigenvalue weighted by Crippen LogP contribution is -2.60. The Kier molecular flexibility index (Phi) is 3.98. The van der Waals surface area contributed by atoms with Gasteiger partial charge in [0.1, 0.15) is 11.8 Å². The smallest absolute Gasteiger partial charge is 0.267 e. The summed E-state index contributed by atoms with van der Waals surface area (Å²) in [5.41, 5.74) is 1.01. The Bertz CT molecular complexity index is 958. The van der Waals surface area contributed by atoms with Crippen molar-refractivity contribution in [2.75, 3.05) is 6.79 Å². The van der Waals surface area contributed by atoms with Crippen LogP contribution >= 0.6 is 11.3 Å². The lowest BCUT2D eigenvalue weighted by atomic mass is 9.95. The maximum absolute atomic E-state index is 12.9. The Hall–Kier alpha value is -2.99. The molecule has 2 aliphatic rings. The number of ether oxygens (including phenoxy) is 3. The van der Waals surface area contributed by atoms with Gasteiger partial charge in [0, 0.05) is 11.4 Å². The van der Waals surface area contributed by atoms with Crippen LogP contribution in [0.15, 0.2) is 66.0 Å². The standard InChI is InChI=1S/C21H17NO4S/c23-21-20(26-15-5-2-1-3-6-15)19(18-7-4-10-27-18)22(21)12-14-8-9-16-17(11-14)25-13-24-16/h1-11,19-20H,12-13H2. The predicted molar refractivity (Wildman–Crippen MR) is 101 cm³/mol. The molecule has 2 unspecified atom stereocenters. The van der Waals surface area contributed by atoms with Gasteiger partial charge in [0.25, 0.3) is 5.91 Å². The highest BCUT2D eigenvalue weighted by molar-refractivity contribution is 7.10. The molecular formula is C21H17NO4S.